The molecule has 1 aliphatic heterocycles. The zero-order valence-corrected chi connectivity index (χ0v) is 24.3. The van der Waals surface area contributed by atoms with Gasteiger partial charge in [0.15, 0.2) is 0 Å². The van der Waals surface area contributed by atoms with Crippen molar-refractivity contribution in [1.29, 1.82) is 0 Å². The molecule has 1 aliphatic carbocycles. The maximum atomic E-state index is 13.3. The summed E-state index contributed by atoms with van der Waals surface area (Å²) in [5.41, 5.74) is 5.90. The molecule has 38 heavy (non-hydrogen) atoms. The minimum absolute atomic E-state index is 0.0664. The van der Waals surface area contributed by atoms with Gasteiger partial charge in [0.05, 0.1) is 10.0 Å². The summed E-state index contributed by atoms with van der Waals surface area (Å²) in [6.07, 6.45) is 6.41. The van der Waals surface area contributed by atoms with Crippen LogP contribution in [0.15, 0.2) is 66.2 Å². The van der Waals surface area contributed by atoms with E-state index >= 15 is 0 Å². The molecule has 1 heterocycles. The minimum Gasteiger partial charge on any atom is -0.341 e. The molecule has 198 valence electrons. The highest BCUT2D eigenvalue weighted by molar-refractivity contribution is 6.42. The van der Waals surface area contributed by atoms with Gasteiger partial charge < -0.3 is 10.2 Å². The molecule has 7 heteroatoms. The van der Waals surface area contributed by atoms with Gasteiger partial charge in [-0.1, -0.05) is 88.4 Å². The summed E-state index contributed by atoms with van der Waals surface area (Å²) >= 11 is 25.0. The molecular formula is C31H30Cl4N2O. The summed E-state index contributed by atoms with van der Waals surface area (Å²) < 4.78 is 0. The van der Waals surface area contributed by atoms with Crippen LogP contribution in [-0.4, -0.2) is 37.5 Å². The first-order chi connectivity index (χ1) is 18.3. The lowest BCUT2D eigenvalue weighted by molar-refractivity contribution is 0.0784. The van der Waals surface area contributed by atoms with Crippen LogP contribution >= 0.6 is 46.4 Å². The molecule has 1 spiro atoms. The molecule has 0 bridgehead atoms. The molecule has 1 atom stereocenters. The van der Waals surface area contributed by atoms with E-state index in [0.29, 0.717) is 32.2 Å². The van der Waals surface area contributed by atoms with Gasteiger partial charge in [0.2, 0.25) is 0 Å². The Labute approximate surface area is 244 Å². The van der Waals surface area contributed by atoms with Gasteiger partial charge in [-0.3, -0.25) is 4.79 Å². The molecular weight excluding hydrogens is 558 g/mol. The minimum atomic E-state index is -0.123. The van der Waals surface area contributed by atoms with E-state index in [2.05, 4.69) is 35.7 Å². The summed E-state index contributed by atoms with van der Waals surface area (Å²) in [5, 5.41) is 5.46. The number of amides is 1. The standard InChI is InChI=1S/C31H30Cl4N2O/c1-37(30(38)23-15-25(32)18-26(33)16-23)19-22(20-7-9-28(34)29(35)17-20)6-8-24-14-21-4-2-3-5-27(21)31(24)10-12-36-13-11-31/h2-5,7,9,14-18,22,36H,6,8,10-13,19H2,1H3/t22-/m1/s1. The van der Waals surface area contributed by atoms with Crippen molar-refractivity contribution in [2.45, 2.75) is 37.0 Å². The molecule has 0 radical (unpaired) electrons. The fourth-order valence-electron chi connectivity index (χ4n) is 6.08. The van der Waals surface area contributed by atoms with E-state index in [1.54, 1.807) is 23.1 Å². The quantitative estimate of drug-likeness (QED) is 0.300. The number of benzene rings is 3. The molecule has 3 aromatic carbocycles. The van der Waals surface area contributed by atoms with Crippen molar-refractivity contribution < 1.29 is 4.79 Å². The van der Waals surface area contributed by atoms with Gasteiger partial charge in [-0.15, -0.1) is 0 Å². The third kappa shape index (κ3) is 5.64. The molecule has 2 aliphatic rings. The van der Waals surface area contributed by atoms with Gasteiger partial charge >= 0.3 is 0 Å². The van der Waals surface area contributed by atoms with Crippen LogP contribution in [-0.2, 0) is 5.41 Å². The Kier molecular flexibility index (Phi) is 8.42. The number of nitrogens with zero attached hydrogens (tertiary/aromatic N) is 1. The number of halogens is 4. The Hall–Kier alpha value is -2.01. The number of nitrogens with one attached hydrogen (secondary N) is 1. The number of hydrogen-bond donors (Lipinski definition) is 1. The average Bonchev–Trinajstić information content (AvgIpc) is 3.19. The number of allylic oxidation sites excluding steroid dienone is 1. The van der Waals surface area contributed by atoms with Crippen LogP contribution in [0.3, 0.4) is 0 Å². The Morgan fingerprint density at radius 3 is 2.37 bits per heavy atom. The number of likely N-dealkylation sites (N-methyl/N-ethyl adjacent to an activating group) is 1. The van der Waals surface area contributed by atoms with Crippen molar-refractivity contribution >= 4 is 58.4 Å². The molecule has 1 fully saturated rings. The largest absolute Gasteiger partial charge is 0.341 e. The molecule has 3 nitrogen and oxygen atoms in total. The van der Waals surface area contributed by atoms with Crippen LogP contribution in [0.5, 0.6) is 0 Å². The number of hydrogen-bond acceptors (Lipinski definition) is 2. The number of piperidine rings is 1. The Morgan fingerprint density at radius 1 is 0.947 bits per heavy atom. The summed E-state index contributed by atoms with van der Waals surface area (Å²) in [5.74, 6) is -0.0569. The predicted molar refractivity (Wildman–Crippen MR) is 160 cm³/mol. The molecule has 3 aromatic rings. The highest BCUT2D eigenvalue weighted by Gasteiger charge is 2.41. The molecule has 0 aromatic heterocycles. The van der Waals surface area contributed by atoms with Gasteiger partial charge in [0, 0.05) is 40.5 Å². The number of carbonyl (C=O) groups is 1. The average molecular weight is 588 g/mol. The second-order valence-electron chi connectivity index (χ2n) is 10.3. The second-order valence-corrected chi connectivity index (χ2v) is 12.0. The van der Waals surface area contributed by atoms with Crippen molar-refractivity contribution in [1.82, 2.24) is 10.2 Å². The monoisotopic (exact) mass is 586 g/mol. The topological polar surface area (TPSA) is 32.3 Å². The summed E-state index contributed by atoms with van der Waals surface area (Å²) in [6.45, 7) is 2.55. The second kappa shape index (κ2) is 11.6. The zero-order chi connectivity index (χ0) is 26.9. The molecule has 1 N–H and O–H groups in total. The van der Waals surface area contributed by atoms with Gasteiger partial charge in [-0.2, -0.15) is 0 Å². The first kappa shape index (κ1) is 27.6. The fourth-order valence-corrected chi connectivity index (χ4v) is 6.92. The molecule has 0 unspecified atom stereocenters. The summed E-state index contributed by atoms with van der Waals surface area (Å²) in [7, 11) is 1.82. The summed E-state index contributed by atoms with van der Waals surface area (Å²) in [4.78, 5) is 15.1. The summed E-state index contributed by atoms with van der Waals surface area (Å²) in [6, 6.07) is 19.5. The van der Waals surface area contributed by atoms with Crippen LogP contribution in [0.2, 0.25) is 20.1 Å². The van der Waals surface area contributed by atoms with Crippen LogP contribution in [0, 0.1) is 0 Å². The van der Waals surface area contributed by atoms with Gasteiger partial charge in [0.25, 0.3) is 5.91 Å². The lowest BCUT2D eigenvalue weighted by atomic mass is 9.69. The maximum absolute atomic E-state index is 13.3. The van der Waals surface area contributed by atoms with Crippen LogP contribution in [0.1, 0.15) is 58.6 Å². The van der Waals surface area contributed by atoms with Crippen LogP contribution < -0.4 is 5.32 Å². The van der Waals surface area contributed by atoms with E-state index in [9.17, 15) is 4.79 Å². The van der Waals surface area contributed by atoms with Crippen LogP contribution in [0.25, 0.3) is 6.08 Å². The van der Waals surface area contributed by atoms with E-state index < -0.39 is 0 Å². The van der Waals surface area contributed by atoms with Crippen molar-refractivity contribution in [3.63, 3.8) is 0 Å². The van der Waals surface area contributed by atoms with E-state index in [-0.39, 0.29) is 17.2 Å². The van der Waals surface area contributed by atoms with Crippen molar-refractivity contribution in [3.05, 3.63) is 109 Å². The number of fused-ring (bicyclic) bond motifs is 2. The Balaban J connectivity index is 1.41. The van der Waals surface area contributed by atoms with Crippen molar-refractivity contribution in [2.75, 3.05) is 26.7 Å². The predicted octanol–water partition coefficient (Wildman–Crippen LogP) is 8.65. The fraction of sp³-hybridized carbons (Fsp3) is 0.323. The van der Waals surface area contributed by atoms with E-state index in [1.165, 1.54) is 16.7 Å². The van der Waals surface area contributed by atoms with Crippen molar-refractivity contribution in [2.24, 2.45) is 0 Å². The molecule has 1 saturated heterocycles. The van der Waals surface area contributed by atoms with Gasteiger partial charge in [0.1, 0.15) is 0 Å². The highest BCUT2D eigenvalue weighted by Crippen LogP contribution is 2.50. The Morgan fingerprint density at radius 2 is 1.66 bits per heavy atom. The molecule has 0 saturated carbocycles. The molecule has 5 rings (SSSR count). The normalized spacial score (nSPS) is 16.7. The molecule has 1 amide bonds. The SMILES string of the molecule is CN(C[C@@H](CCC1=Cc2ccccc2C12CCNCC2)c1ccc(Cl)c(Cl)c1)C(=O)c1cc(Cl)cc(Cl)c1. The van der Waals surface area contributed by atoms with E-state index in [4.69, 9.17) is 46.4 Å². The van der Waals surface area contributed by atoms with E-state index in [1.807, 2.05) is 25.2 Å². The maximum Gasteiger partial charge on any atom is 0.253 e. The zero-order valence-electron chi connectivity index (χ0n) is 21.2. The lowest BCUT2D eigenvalue weighted by Gasteiger charge is -2.38. The van der Waals surface area contributed by atoms with Crippen LogP contribution in [0.4, 0.5) is 0 Å². The number of carbonyl (C=O) groups excluding carboxylic acids is 1. The third-order valence-electron chi connectivity index (χ3n) is 8.01. The first-order valence-electron chi connectivity index (χ1n) is 12.9. The lowest BCUT2D eigenvalue weighted by Crippen LogP contribution is -2.40. The first-order valence-corrected chi connectivity index (χ1v) is 14.5. The highest BCUT2D eigenvalue weighted by atomic mass is 35.5. The van der Waals surface area contributed by atoms with Gasteiger partial charge in [-0.05, 0) is 85.8 Å². The number of rotatable bonds is 7. The van der Waals surface area contributed by atoms with Gasteiger partial charge in [-0.25, -0.2) is 0 Å². The third-order valence-corrected chi connectivity index (χ3v) is 9.18. The Bertz CT molecular complexity index is 1360. The smallest absolute Gasteiger partial charge is 0.253 e. The van der Waals surface area contributed by atoms with Crippen molar-refractivity contribution in [3.8, 4) is 0 Å². The van der Waals surface area contributed by atoms with E-state index in [0.717, 1.165) is 44.3 Å².